The molecule has 1 aromatic carbocycles. The summed E-state index contributed by atoms with van der Waals surface area (Å²) >= 11 is 14.4. The molecule has 0 spiro atoms. The van der Waals surface area contributed by atoms with Crippen LogP contribution in [0.2, 0.25) is 5.02 Å². The van der Waals surface area contributed by atoms with E-state index in [9.17, 15) is 13.2 Å². The normalized spacial score (nSPS) is 17.5. The summed E-state index contributed by atoms with van der Waals surface area (Å²) in [7, 11) is -4.14. The second-order valence-corrected chi connectivity index (χ2v) is 11.7. The zero-order valence-corrected chi connectivity index (χ0v) is 20.6. The fourth-order valence-corrected chi connectivity index (χ4v) is 6.66. The molecule has 172 valence electrons. The minimum absolute atomic E-state index is 0.0496. The van der Waals surface area contributed by atoms with Gasteiger partial charge in [0, 0.05) is 29.7 Å². The highest BCUT2D eigenvalue weighted by molar-refractivity contribution is 7.89. The van der Waals surface area contributed by atoms with Gasteiger partial charge in [-0.15, -0.1) is 11.3 Å². The molecule has 0 saturated carbocycles. The van der Waals surface area contributed by atoms with Crippen molar-refractivity contribution in [3.05, 3.63) is 52.6 Å². The summed E-state index contributed by atoms with van der Waals surface area (Å²) in [5, 5.41) is 2.23. The average Bonchev–Trinajstić information content (AvgIpc) is 3.37. The van der Waals surface area contributed by atoms with Gasteiger partial charge in [0.25, 0.3) is 15.9 Å². The average molecular weight is 515 g/mol. The molecule has 4 rings (SSSR count). The highest BCUT2D eigenvalue weighted by Crippen LogP contribution is 2.30. The first kappa shape index (κ1) is 23.5. The SMILES string of the molecule is CC1CCN(C(=O)C(Cl)(CCc2ccccc2Cl)NS(=O)(=O)c2cnc3sccn23)CC1. The second-order valence-electron chi connectivity index (χ2n) is 8.12. The van der Waals surface area contributed by atoms with Crippen molar-refractivity contribution in [1.29, 1.82) is 0 Å². The predicted octanol–water partition coefficient (Wildman–Crippen LogP) is 4.15. The quantitative estimate of drug-likeness (QED) is 0.379. The number of carbonyl (C=O) groups excluding carboxylic acids is 1. The van der Waals surface area contributed by atoms with Crippen LogP contribution in [0, 0.1) is 5.92 Å². The number of aryl methyl sites for hydroxylation is 1. The number of thiazole rings is 1. The van der Waals surface area contributed by atoms with Gasteiger partial charge in [-0.05, 0) is 43.2 Å². The number of imidazole rings is 1. The Balaban J connectivity index is 1.63. The van der Waals surface area contributed by atoms with Crippen LogP contribution in [0.25, 0.3) is 4.96 Å². The Morgan fingerprint density at radius 1 is 1.31 bits per heavy atom. The summed E-state index contributed by atoms with van der Waals surface area (Å²) in [4.78, 5) is 18.0. The molecule has 0 radical (unpaired) electrons. The Bertz CT molecular complexity index is 1220. The first-order chi connectivity index (χ1) is 15.2. The molecule has 1 atom stereocenters. The maximum atomic E-state index is 13.5. The maximum absolute atomic E-state index is 13.5. The lowest BCUT2D eigenvalue weighted by Gasteiger charge is -2.36. The number of fused-ring (bicyclic) bond motifs is 1. The lowest BCUT2D eigenvalue weighted by molar-refractivity contribution is -0.136. The van der Waals surface area contributed by atoms with Gasteiger partial charge < -0.3 is 4.90 Å². The van der Waals surface area contributed by atoms with Crippen molar-refractivity contribution < 1.29 is 13.2 Å². The number of amides is 1. The molecule has 11 heteroatoms. The van der Waals surface area contributed by atoms with E-state index in [-0.39, 0.29) is 11.4 Å². The molecule has 1 aliphatic heterocycles. The molecule has 1 amide bonds. The smallest absolute Gasteiger partial charge is 0.260 e. The summed E-state index contributed by atoms with van der Waals surface area (Å²) in [6.07, 6.45) is 4.99. The molecule has 32 heavy (non-hydrogen) atoms. The third-order valence-corrected chi connectivity index (χ3v) is 8.96. The maximum Gasteiger partial charge on any atom is 0.260 e. The fourth-order valence-electron chi connectivity index (χ4n) is 3.84. The Morgan fingerprint density at radius 3 is 2.75 bits per heavy atom. The van der Waals surface area contributed by atoms with Crippen LogP contribution < -0.4 is 4.72 Å². The van der Waals surface area contributed by atoms with E-state index in [2.05, 4.69) is 16.6 Å². The van der Waals surface area contributed by atoms with E-state index in [1.165, 1.54) is 21.9 Å². The molecule has 1 unspecified atom stereocenters. The van der Waals surface area contributed by atoms with Crippen molar-refractivity contribution in [3.8, 4) is 0 Å². The number of hydrogen-bond donors (Lipinski definition) is 1. The summed E-state index contributed by atoms with van der Waals surface area (Å²) in [6, 6.07) is 7.25. The first-order valence-electron chi connectivity index (χ1n) is 10.4. The van der Waals surface area contributed by atoms with Crippen LogP contribution in [-0.4, -0.2) is 46.7 Å². The van der Waals surface area contributed by atoms with Gasteiger partial charge in [0.05, 0.1) is 6.20 Å². The Labute approximate surface area is 201 Å². The second kappa shape index (κ2) is 9.30. The highest BCUT2D eigenvalue weighted by Gasteiger charge is 2.44. The molecule has 7 nitrogen and oxygen atoms in total. The van der Waals surface area contributed by atoms with Gasteiger partial charge in [0.1, 0.15) is 0 Å². The highest BCUT2D eigenvalue weighted by atomic mass is 35.5. The van der Waals surface area contributed by atoms with E-state index in [1.54, 1.807) is 22.5 Å². The third-order valence-electron chi connectivity index (χ3n) is 5.79. The van der Waals surface area contributed by atoms with Crippen LogP contribution in [0.1, 0.15) is 31.7 Å². The molecular formula is C21H24Cl2N4O3S2. The molecule has 2 aromatic heterocycles. The monoisotopic (exact) mass is 514 g/mol. The number of nitrogens with zero attached hydrogens (tertiary/aromatic N) is 3. The number of rotatable bonds is 7. The molecule has 1 fully saturated rings. The van der Waals surface area contributed by atoms with Crippen molar-refractivity contribution in [2.24, 2.45) is 5.92 Å². The molecule has 1 saturated heterocycles. The summed E-state index contributed by atoms with van der Waals surface area (Å²) in [6.45, 7) is 3.23. The number of likely N-dealkylation sites (tertiary alicyclic amines) is 1. The van der Waals surface area contributed by atoms with Gasteiger partial charge in [0.15, 0.2) is 15.0 Å². The van der Waals surface area contributed by atoms with Crippen molar-refractivity contribution in [2.45, 2.75) is 42.6 Å². The number of nitrogens with one attached hydrogen (secondary N) is 1. The lowest BCUT2D eigenvalue weighted by Crippen LogP contribution is -2.57. The van der Waals surface area contributed by atoms with Crippen molar-refractivity contribution in [3.63, 3.8) is 0 Å². The summed E-state index contributed by atoms with van der Waals surface area (Å²) in [5.41, 5.74) is 0.794. The lowest BCUT2D eigenvalue weighted by atomic mass is 9.97. The van der Waals surface area contributed by atoms with E-state index in [0.29, 0.717) is 35.4 Å². The molecular weight excluding hydrogens is 491 g/mol. The molecule has 1 aliphatic rings. The van der Waals surface area contributed by atoms with Gasteiger partial charge in [-0.25, -0.2) is 13.4 Å². The van der Waals surface area contributed by atoms with Crippen LogP contribution >= 0.6 is 34.5 Å². The van der Waals surface area contributed by atoms with Crippen LogP contribution in [0.3, 0.4) is 0 Å². The Morgan fingerprint density at radius 2 is 2.03 bits per heavy atom. The predicted molar refractivity (Wildman–Crippen MR) is 127 cm³/mol. The van der Waals surface area contributed by atoms with Crippen molar-refractivity contribution in [2.75, 3.05) is 13.1 Å². The van der Waals surface area contributed by atoms with E-state index in [0.717, 1.165) is 18.4 Å². The van der Waals surface area contributed by atoms with E-state index >= 15 is 0 Å². The number of benzene rings is 1. The number of hydrogen-bond acceptors (Lipinski definition) is 5. The Kier molecular flexibility index (Phi) is 6.84. The van der Waals surface area contributed by atoms with E-state index in [4.69, 9.17) is 23.2 Å². The minimum atomic E-state index is -4.14. The van der Waals surface area contributed by atoms with Gasteiger partial charge in [0.2, 0.25) is 0 Å². The summed E-state index contributed by atoms with van der Waals surface area (Å²) < 4.78 is 30.5. The van der Waals surface area contributed by atoms with Crippen LogP contribution in [0.15, 0.2) is 47.1 Å². The van der Waals surface area contributed by atoms with Gasteiger partial charge in [-0.1, -0.05) is 48.3 Å². The third kappa shape index (κ3) is 4.82. The van der Waals surface area contributed by atoms with Gasteiger partial charge in [-0.2, -0.15) is 4.72 Å². The molecule has 0 aliphatic carbocycles. The summed E-state index contributed by atoms with van der Waals surface area (Å²) in [5.74, 6) is 0.0787. The topological polar surface area (TPSA) is 83.8 Å². The molecule has 0 bridgehead atoms. The fraction of sp³-hybridized carbons (Fsp3) is 0.429. The number of carbonyl (C=O) groups is 1. The largest absolute Gasteiger partial charge is 0.340 e. The molecule has 3 aromatic rings. The number of piperidine rings is 1. The zero-order chi connectivity index (χ0) is 22.9. The zero-order valence-electron chi connectivity index (χ0n) is 17.5. The van der Waals surface area contributed by atoms with Gasteiger partial charge in [-0.3, -0.25) is 9.20 Å². The number of halogens is 2. The minimum Gasteiger partial charge on any atom is -0.340 e. The van der Waals surface area contributed by atoms with E-state index < -0.39 is 20.9 Å². The first-order valence-corrected chi connectivity index (χ1v) is 13.5. The number of aromatic nitrogens is 2. The van der Waals surface area contributed by atoms with Crippen molar-refractivity contribution in [1.82, 2.24) is 19.0 Å². The van der Waals surface area contributed by atoms with Crippen LogP contribution in [0.4, 0.5) is 0 Å². The standard InChI is InChI=1S/C21H24Cl2N4O3S2/c1-15-7-10-26(11-8-15)19(28)21(23,9-6-16-4-2-3-5-17(16)22)25-32(29,30)18-14-24-20-27(18)12-13-31-20/h2-5,12-15,25H,6-11H2,1H3. The Hall–Kier alpha value is -1.65. The molecule has 3 heterocycles. The number of alkyl halides is 1. The van der Waals surface area contributed by atoms with Crippen LogP contribution in [0.5, 0.6) is 0 Å². The van der Waals surface area contributed by atoms with Crippen molar-refractivity contribution >= 4 is 55.4 Å². The van der Waals surface area contributed by atoms with E-state index in [1.807, 2.05) is 18.2 Å². The number of sulfonamides is 1. The van der Waals surface area contributed by atoms with Crippen LogP contribution in [-0.2, 0) is 21.2 Å². The molecule has 1 N–H and O–H groups in total. The van der Waals surface area contributed by atoms with Gasteiger partial charge >= 0.3 is 0 Å².